The number of unbranched alkanes of at least 4 members (excludes halogenated alkanes) is 1. The van der Waals surface area contributed by atoms with Gasteiger partial charge in [0.15, 0.2) is 5.84 Å². The van der Waals surface area contributed by atoms with Gasteiger partial charge in [-0.3, -0.25) is 20.3 Å². The van der Waals surface area contributed by atoms with Crippen molar-refractivity contribution in [3.05, 3.63) is 62.9 Å². The van der Waals surface area contributed by atoms with E-state index < -0.39 is 10.8 Å². The van der Waals surface area contributed by atoms with Crippen LogP contribution in [0.2, 0.25) is 5.02 Å². The zero-order valence-corrected chi connectivity index (χ0v) is 18.0. The molecule has 0 atom stereocenters. The van der Waals surface area contributed by atoms with Crippen LogP contribution in [0.4, 0.5) is 5.69 Å². The Bertz CT molecular complexity index is 1200. The molecular weight excluding hydrogens is 440 g/mol. The van der Waals surface area contributed by atoms with Crippen molar-refractivity contribution in [3.8, 4) is 5.69 Å². The minimum atomic E-state index is -0.519. The van der Waals surface area contributed by atoms with Crippen molar-refractivity contribution >= 4 is 57.1 Å². The van der Waals surface area contributed by atoms with Crippen LogP contribution in [-0.2, 0) is 4.79 Å². The Labute approximate surface area is 186 Å². The molecule has 0 saturated carbocycles. The molecule has 1 amide bonds. The first kappa shape index (κ1) is 21.0. The highest BCUT2D eigenvalue weighted by Gasteiger charge is 2.35. The number of amidine groups is 2. The summed E-state index contributed by atoms with van der Waals surface area (Å²) in [6.45, 7) is 2.09. The number of hydrogen-bond donors (Lipinski definition) is 1. The summed E-state index contributed by atoms with van der Waals surface area (Å²) >= 11 is 7.58. The normalized spacial score (nSPS) is 17.1. The molecular formula is C20H17ClN6O3S. The van der Waals surface area contributed by atoms with Crippen molar-refractivity contribution in [1.82, 2.24) is 9.58 Å². The third kappa shape index (κ3) is 4.04. The number of amides is 1. The van der Waals surface area contributed by atoms with Gasteiger partial charge in [0, 0.05) is 24.0 Å². The number of thioether (sulfide) groups is 1. The van der Waals surface area contributed by atoms with Gasteiger partial charge < -0.3 is 4.57 Å². The van der Waals surface area contributed by atoms with Crippen molar-refractivity contribution < 1.29 is 9.72 Å². The molecule has 4 rings (SSSR count). The molecule has 1 aromatic heterocycles. The number of nitro benzene ring substituents is 1. The zero-order valence-electron chi connectivity index (χ0n) is 16.4. The van der Waals surface area contributed by atoms with Crippen molar-refractivity contribution in [3.63, 3.8) is 0 Å². The molecule has 1 aromatic carbocycles. The molecule has 2 aliphatic heterocycles. The Balaban J connectivity index is 1.68. The lowest BCUT2D eigenvalue weighted by Crippen LogP contribution is -2.35. The first-order chi connectivity index (χ1) is 14.9. The molecule has 0 bridgehead atoms. The number of nitrogens with zero attached hydrogens (tertiary/aromatic N) is 5. The molecule has 158 valence electrons. The number of nitro groups is 1. The molecule has 0 saturated heterocycles. The number of carbonyl (C=O) groups excluding carboxylic acids is 1. The second kappa shape index (κ2) is 8.48. The number of aromatic nitrogens is 1. The van der Waals surface area contributed by atoms with E-state index in [0.29, 0.717) is 16.5 Å². The molecule has 1 N–H and O–H groups in total. The average molecular weight is 457 g/mol. The number of non-ortho nitro benzene ring substituents is 1. The summed E-state index contributed by atoms with van der Waals surface area (Å²) in [7, 11) is 0. The maximum Gasteiger partial charge on any atom is 0.283 e. The van der Waals surface area contributed by atoms with Gasteiger partial charge in [0.25, 0.3) is 11.6 Å². The number of halogens is 1. The van der Waals surface area contributed by atoms with E-state index in [2.05, 4.69) is 17.0 Å². The first-order valence-corrected chi connectivity index (χ1v) is 10.7. The largest absolute Gasteiger partial charge is 0.316 e. The summed E-state index contributed by atoms with van der Waals surface area (Å²) in [5.74, 6) is -0.560. The van der Waals surface area contributed by atoms with Crippen LogP contribution in [0.1, 0.15) is 31.9 Å². The highest BCUT2D eigenvalue weighted by Crippen LogP contribution is 2.31. The maximum atomic E-state index is 12.6. The summed E-state index contributed by atoms with van der Waals surface area (Å²) in [6, 6.07) is 7.67. The van der Waals surface area contributed by atoms with Crippen molar-refractivity contribution in [2.45, 2.75) is 26.2 Å². The fourth-order valence-corrected chi connectivity index (χ4v) is 4.34. The Morgan fingerprint density at radius 3 is 2.87 bits per heavy atom. The highest BCUT2D eigenvalue weighted by molar-refractivity contribution is 8.26. The van der Waals surface area contributed by atoms with Gasteiger partial charge in [0.1, 0.15) is 5.04 Å². The topological polar surface area (TPSA) is 117 Å². The first-order valence-electron chi connectivity index (χ1n) is 9.49. The van der Waals surface area contributed by atoms with Gasteiger partial charge in [0.05, 0.1) is 21.2 Å². The van der Waals surface area contributed by atoms with E-state index in [0.717, 1.165) is 24.3 Å². The van der Waals surface area contributed by atoms with E-state index in [4.69, 9.17) is 17.0 Å². The van der Waals surface area contributed by atoms with Gasteiger partial charge in [0.2, 0.25) is 5.17 Å². The van der Waals surface area contributed by atoms with Gasteiger partial charge in [-0.15, -0.1) is 0 Å². The lowest BCUT2D eigenvalue weighted by molar-refractivity contribution is -0.384. The number of hydrazone groups is 1. The number of rotatable bonds is 6. The number of benzene rings is 1. The molecule has 3 heterocycles. The van der Waals surface area contributed by atoms with E-state index in [1.807, 2.05) is 0 Å². The molecule has 31 heavy (non-hydrogen) atoms. The van der Waals surface area contributed by atoms with Crippen LogP contribution < -0.4 is 0 Å². The van der Waals surface area contributed by atoms with E-state index in [1.54, 1.807) is 29.0 Å². The Morgan fingerprint density at radius 2 is 2.16 bits per heavy atom. The fourth-order valence-electron chi connectivity index (χ4n) is 3.14. The van der Waals surface area contributed by atoms with Gasteiger partial charge in [-0.05, 0) is 48.9 Å². The van der Waals surface area contributed by atoms with Gasteiger partial charge >= 0.3 is 0 Å². The molecule has 0 aliphatic carbocycles. The summed E-state index contributed by atoms with van der Waals surface area (Å²) in [6.07, 6.45) is 6.04. The van der Waals surface area contributed by atoms with Crippen molar-refractivity contribution in [1.29, 1.82) is 5.41 Å². The Kier molecular flexibility index (Phi) is 5.75. The molecule has 9 nitrogen and oxygen atoms in total. The highest BCUT2D eigenvalue weighted by atomic mass is 35.5. The SMILES string of the molecule is CCCCC1=NN2C(=N)/C(=C/c3cccn3-c3ccc([N+](=O)[O-])cc3Cl)C(=O)N=C2S1. The van der Waals surface area contributed by atoms with Crippen molar-refractivity contribution in [2.24, 2.45) is 10.1 Å². The lowest BCUT2D eigenvalue weighted by Gasteiger charge is -2.20. The third-order valence-corrected chi connectivity index (χ3v) is 5.99. The maximum absolute atomic E-state index is 12.6. The van der Waals surface area contributed by atoms with Crippen LogP contribution in [-0.4, -0.2) is 36.5 Å². The standard InChI is InChI=1S/C20H17ClN6O3S/c1-2-3-6-17-24-26-18(22)14(19(28)23-20(26)31-17)10-12-5-4-9-25(12)16-8-7-13(27(29)30)11-15(16)21/h4-5,7-11,22H,2-3,6H2,1H3/b14-10-,22-18?. The zero-order chi connectivity index (χ0) is 22.1. The molecule has 0 spiro atoms. The Hall–Kier alpha value is -3.24. The number of nitrogens with one attached hydrogen (secondary N) is 1. The number of carbonyl (C=O) groups is 1. The quantitative estimate of drug-likeness (QED) is 0.379. The predicted molar refractivity (Wildman–Crippen MR) is 122 cm³/mol. The molecule has 0 fully saturated rings. The second-order valence-corrected chi connectivity index (χ2v) is 8.26. The van der Waals surface area contributed by atoms with Crippen LogP contribution in [0.25, 0.3) is 11.8 Å². The van der Waals surface area contributed by atoms with Crippen LogP contribution >= 0.6 is 23.4 Å². The van der Waals surface area contributed by atoms with Gasteiger partial charge in [-0.1, -0.05) is 24.9 Å². The molecule has 0 radical (unpaired) electrons. The van der Waals surface area contributed by atoms with Crippen LogP contribution in [0.5, 0.6) is 0 Å². The molecule has 11 heteroatoms. The van der Waals surface area contributed by atoms with Gasteiger partial charge in [-0.25, -0.2) is 0 Å². The third-order valence-electron chi connectivity index (χ3n) is 4.71. The lowest BCUT2D eigenvalue weighted by atomic mass is 10.1. The minimum Gasteiger partial charge on any atom is -0.316 e. The Morgan fingerprint density at radius 1 is 1.35 bits per heavy atom. The van der Waals surface area contributed by atoms with E-state index in [9.17, 15) is 14.9 Å². The van der Waals surface area contributed by atoms with Crippen LogP contribution in [0.3, 0.4) is 0 Å². The van der Waals surface area contributed by atoms with Crippen molar-refractivity contribution in [2.75, 3.05) is 0 Å². The van der Waals surface area contributed by atoms with Crippen LogP contribution in [0.15, 0.2) is 52.2 Å². The molecule has 2 aliphatic rings. The summed E-state index contributed by atoms with van der Waals surface area (Å²) in [5.41, 5.74) is 1.07. The number of fused-ring (bicyclic) bond motifs is 1. The van der Waals surface area contributed by atoms with Crippen LogP contribution in [0, 0.1) is 15.5 Å². The predicted octanol–water partition coefficient (Wildman–Crippen LogP) is 4.85. The van der Waals surface area contributed by atoms with E-state index >= 15 is 0 Å². The number of aliphatic imine (C=N–C) groups is 1. The van der Waals surface area contributed by atoms with Gasteiger partial charge in [-0.2, -0.15) is 15.1 Å². The average Bonchev–Trinajstić information content (AvgIpc) is 3.36. The molecule has 2 aromatic rings. The summed E-state index contributed by atoms with van der Waals surface area (Å²) in [4.78, 5) is 27.2. The summed E-state index contributed by atoms with van der Waals surface area (Å²) < 4.78 is 1.69. The summed E-state index contributed by atoms with van der Waals surface area (Å²) in [5, 5.41) is 26.7. The molecule has 0 unspecified atom stereocenters. The minimum absolute atomic E-state index is 0.0449. The fraction of sp³-hybridized carbons (Fsp3) is 0.200. The van der Waals surface area contributed by atoms with E-state index in [-0.39, 0.29) is 22.1 Å². The monoisotopic (exact) mass is 456 g/mol. The number of hydrogen-bond acceptors (Lipinski definition) is 6. The second-order valence-electron chi connectivity index (χ2n) is 6.81. The van der Waals surface area contributed by atoms with E-state index in [1.165, 1.54) is 35.0 Å². The smallest absolute Gasteiger partial charge is 0.283 e.